The van der Waals surface area contributed by atoms with Crippen LogP contribution in [0.25, 0.3) is 0 Å². The molecule has 1 amide bonds. The molecule has 3 rings (SSSR count). The molecule has 0 heterocycles. The van der Waals surface area contributed by atoms with Crippen molar-refractivity contribution in [2.45, 2.75) is 25.3 Å². The molecule has 0 aromatic heterocycles. The van der Waals surface area contributed by atoms with E-state index in [2.05, 4.69) is 10.5 Å². The van der Waals surface area contributed by atoms with Gasteiger partial charge in [0.1, 0.15) is 0 Å². The Bertz CT molecular complexity index is 1300. The normalized spacial score (nSPS) is 11.6. The molecule has 0 aliphatic heterocycles. The Kier molecular flexibility index (Phi) is 7.93. The number of hydrogen-bond donors (Lipinski definition) is 2. The summed E-state index contributed by atoms with van der Waals surface area (Å²) in [6.07, 6.45) is 1.21. The number of hydrazone groups is 1. The predicted octanol–water partition coefficient (Wildman–Crippen LogP) is 3.34. The number of carbonyl (C=O) groups is 2. The SMILES string of the molecule is Cc1ccc(CN(CC(=O)N/N=C\c2ccccc2C(=O)O)S(=O)(=O)c2ccc(C)cc2)cc1. The van der Waals surface area contributed by atoms with Gasteiger partial charge in [0.05, 0.1) is 23.2 Å². The Hall–Kier alpha value is -3.82. The molecular formula is C25H25N3O5S. The van der Waals surface area contributed by atoms with E-state index in [0.29, 0.717) is 5.56 Å². The van der Waals surface area contributed by atoms with Crippen molar-refractivity contribution in [2.75, 3.05) is 6.54 Å². The van der Waals surface area contributed by atoms with Crippen molar-refractivity contribution in [3.05, 3.63) is 101 Å². The van der Waals surface area contributed by atoms with Gasteiger partial charge in [-0.3, -0.25) is 4.79 Å². The quantitative estimate of drug-likeness (QED) is 0.361. The number of carbonyl (C=O) groups excluding carboxylic acids is 1. The first kappa shape index (κ1) is 24.8. The van der Waals surface area contributed by atoms with Gasteiger partial charge in [-0.15, -0.1) is 0 Å². The van der Waals surface area contributed by atoms with Crippen molar-refractivity contribution < 1.29 is 23.1 Å². The average Bonchev–Trinajstić information content (AvgIpc) is 2.80. The van der Waals surface area contributed by atoms with Crippen LogP contribution in [0, 0.1) is 13.8 Å². The summed E-state index contributed by atoms with van der Waals surface area (Å²) in [6, 6.07) is 20.0. The fourth-order valence-electron chi connectivity index (χ4n) is 3.16. The highest BCUT2D eigenvalue weighted by molar-refractivity contribution is 7.89. The van der Waals surface area contributed by atoms with E-state index in [4.69, 9.17) is 0 Å². The van der Waals surface area contributed by atoms with Crippen LogP contribution < -0.4 is 5.43 Å². The average molecular weight is 480 g/mol. The molecule has 0 spiro atoms. The molecule has 0 unspecified atom stereocenters. The number of carboxylic acids is 1. The third-order valence-corrected chi connectivity index (χ3v) is 6.85. The Morgan fingerprint density at radius 2 is 1.53 bits per heavy atom. The van der Waals surface area contributed by atoms with Crippen LogP contribution >= 0.6 is 0 Å². The second kappa shape index (κ2) is 10.9. The van der Waals surface area contributed by atoms with Crippen molar-refractivity contribution in [2.24, 2.45) is 5.10 Å². The van der Waals surface area contributed by atoms with E-state index in [1.807, 2.05) is 38.1 Å². The van der Waals surface area contributed by atoms with Gasteiger partial charge in [0.25, 0.3) is 5.91 Å². The van der Waals surface area contributed by atoms with Crippen LogP contribution in [0.3, 0.4) is 0 Å². The summed E-state index contributed by atoms with van der Waals surface area (Å²) in [5.74, 6) is -1.78. The number of aromatic carboxylic acids is 1. The van der Waals surface area contributed by atoms with Crippen molar-refractivity contribution >= 4 is 28.1 Å². The minimum atomic E-state index is -3.97. The maximum Gasteiger partial charge on any atom is 0.336 e. The second-order valence-corrected chi connectivity index (χ2v) is 9.70. The first-order valence-electron chi connectivity index (χ1n) is 10.4. The van der Waals surface area contributed by atoms with Gasteiger partial charge in [-0.2, -0.15) is 9.41 Å². The molecule has 0 saturated carbocycles. The molecule has 0 bridgehead atoms. The fourth-order valence-corrected chi connectivity index (χ4v) is 4.54. The summed E-state index contributed by atoms with van der Waals surface area (Å²) < 4.78 is 27.7. The summed E-state index contributed by atoms with van der Waals surface area (Å²) in [5, 5.41) is 13.1. The summed E-state index contributed by atoms with van der Waals surface area (Å²) in [7, 11) is -3.97. The van der Waals surface area contributed by atoms with E-state index in [9.17, 15) is 23.1 Å². The highest BCUT2D eigenvalue weighted by Gasteiger charge is 2.27. The Balaban J connectivity index is 1.80. The molecule has 176 valence electrons. The lowest BCUT2D eigenvalue weighted by molar-refractivity contribution is -0.121. The number of hydrogen-bond acceptors (Lipinski definition) is 5. The summed E-state index contributed by atoms with van der Waals surface area (Å²) in [5.41, 5.74) is 5.30. The first-order chi connectivity index (χ1) is 16.2. The van der Waals surface area contributed by atoms with Crippen LogP contribution in [0.2, 0.25) is 0 Å². The lowest BCUT2D eigenvalue weighted by Gasteiger charge is -2.21. The molecule has 0 radical (unpaired) electrons. The number of amides is 1. The smallest absolute Gasteiger partial charge is 0.336 e. The Labute approximate surface area is 198 Å². The molecule has 34 heavy (non-hydrogen) atoms. The van der Waals surface area contributed by atoms with Crippen molar-refractivity contribution in [3.63, 3.8) is 0 Å². The Morgan fingerprint density at radius 1 is 0.941 bits per heavy atom. The highest BCUT2D eigenvalue weighted by Crippen LogP contribution is 2.19. The molecule has 0 fully saturated rings. The van der Waals surface area contributed by atoms with Crippen molar-refractivity contribution in [1.82, 2.24) is 9.73 Å². The zero-order valence-electron chi connectivity index (χ0n) is 18.8. The summed E-state index contributed by atoms with van der Waals surface area (Å²) in [4.78, 5) is 24.0. The molecule has 3 aromatic carbocycles. The van der Waals surface area contributed by atoms with Crippen molar-refractivity contribution in [1.29, 1.82) is 0 Å². The molecule has 3 aromatic rings. The van der Waals surface area contributed by atoms with E-state index in [1.165, 1.54) is 24.4 Å². The topological polar surface area (TPSA) is 116 Å². The van der Waals surface area contributed by atoms with Gasteiger partial charge in [-0.1, -0.05) is 65.7 Å². The summed E-state index contributed by atoms with van der Waals surface area (Å²) >= 11 is 0. The number of nitrogens with zero attached hydrogens (tertiary/aromatic N) is 2. The third kappa shape index (κ3) is 6.37. The molecule has 8 nitrogen and oxygen atoms in total. The third-order valence-electron chi connectivity index (χ3n) is 5.04. The van der Waals surface area contributed by atoms with Gasteiger partial charge < -0.3 is 5.11 Å². The van der Waals surface area contributed by atoms with Crippen LogP contribution in [0.4, 0.5) is 0 Å². The molecule has 0 saturated heterocycles. The molecule has 2 N–H and O–H groups in total. The Morgan fingerprint density at radius 3 is 2.15 bits per heavy atom. The van der Waals surface area contributed by atoms with Crippen LogP contribution in [-0.4, -0.2) is 42.5 Å². The van der Waals surface area contributed by atoms with Crippen LogP contribution in [0.1, 0.15) is 32.6 Å². The zero-order chi connectivity index (χ0) is 24.7. The predicted molar refractivity (Wildman–Crippen MR) is 129 cm³/mol. The lowest BCUT2D eigenvalue weighted by atomic mass is 10.1. The number of carboxylic acid groups (broad SMARTS) is 1. The summed E-state index contributed by atoms with van der Waals surface area (Å²) in [6.45, 7) is 3.31. The fraction of sp³-hybridized carbons (Fsp3) is 0.160. The maximum atomic E-state index is 13.3. The number of benzene rings is 3. The van der Waals surface area contributed by atoms with E-state index in [1.54, 1.807) is 30.3 Å². The van der Waals surface area contributed by atoms with Gasteiger partial charge in [0, 0.05) is 12.1 Å². The van der Waals surface area contributed by atoms with Crippen molar-refractivity contribution in [3.8, 4) is 0 Å². The standard InChI is InChI=1S/C25H25N3O5S/c1-18-7-11-20(12-8-18)16-28(34(32,33)22-13-9-19(2)10-14-22)17-24(29)27-26-15-21-5-3-4-6-23(21)25(30)31/h3-15H,16-17H2,1-2H3,(H,27,29)(H,30,31)/b26-15-. The molecule has 9 heteroatoms. The van der Waals surface area contributed by atoms with Gasteiger partial charge in [-0.25, -0.2) is 18.6 Å². The molecular weight excluding hydrogens is 454 g/mol. The van der Waals surface area contributed by atoms with Crippen LogP contribution in [-0.2, 0) is 21.4 Å². The van der Waals surface area contributed by atoms with Crippen LogP contribution in [0.15, 0.2) is 82.8 Å². The molecule has 0 aliphatic rings. The van der Waals surface area contributed by atoms with Gasteiger partial charge >= 0.3 is 5.97 Å². The number of rotatable bonds is 9. The maximum absolute atomic E-state index is 13.3. The second-order valence-electron chi connectivity index (χ2n) is 7.76. The largest absolute Gasteiger partial charge is 0.478 e. The monoisotopic (exact) mass is 479 g/mol. The number of sulfonamides is 1. The lowest BCUT2D eigenvalue weighted by Crippen LogP contribution is -2.39. The van der Waals surface area contributed by atoms with Crippen LogP contribution in [0.5, 0.6) is 0 Å². The van der Waals surface area contributed by atoms with E-state index in [0.717, 1.165) is 21.0 Å². The first-order valence-corrected chi connectivity index (χ1v) is 11.9. The number of nitrogens with one attached hydrogen (secondary N) is 1. The molecule has 0 atom stereocenters. The minimum Gasteiger partial charge on any atom is -0.478 e. The zero-order valence-corrected chi connectivity index (χ0v) is 19.6. The van der Waals surface area contributed by atoms with E-state index in [-0.39, 0.29) is 17.0 Å². The molecule has 0 aliphatic carbocycles. The van der Waals surface area contributed by atoms with E-state index >= 15 is 0 Å². The highest BCUT2D eigenvalue weighted by atomic mass is 32.2. The van der Waals surface area contributed by atoms with Gasteiger partial charge in [-0.05, 0) is 37.6 Å². The minimum absolute atomic E-state index is 0.00449. The number of aryl methyl sites for hydroxylation is 2. The van der Waals surface area contributed by atoms with E-state index < -0.39 is 28.4 Å². The van der Waals surface area contributed by atoms with Gasteiger partial charge in [0.2, 0.25) is 10.0 Å². The van der Waals surface area contributed by atoms with Gasteiger partial charge in [0.15, 0.2) is 0 Å².